The van der Waals surface area contributed by atoms with Crippen molar-refractivity contribution in [1.29, 1.82) is 0 Å². The van der Waals surface area contributed by atoms with Gasteiger partial charge in [-0.1, -0.05) is 45.4 Å². The van der Waals surface area contributed by atoms with Crippen molar-refractivity contribution in [3.8, 4) is 11.4 Å². The lowest BCUT2D eigenvalue weighted by molar-refractivity contribution is -0.121. The third kappa shape index (κ3) is 6.15. The van der Waals surface area contributed by atoms with Crippen LogP contribution in [0, 0.1) is 5.92 Å². The molecule has 2 aromatic carbocycles. The second-order valence-corrected chi connectivity index (χ2v) is 9.52. The molecule has 0 bridgehead atoms. The van der Waals surface area contributed by atoms with Gasteiger partial charge in [0, 0.05) is 29.7 Å². The van der Waals surface area contributed by atoms with Gasteiger partial charge in [0.1, 0.15) is 0 Å². The van der Waals surface area contributed by atoms with Crippen molar-refractivity contribution in [2.24, 2.45) is 5.92 Å². The zero-order chi connectivity index (χ0) is 24.8. The summed E-state index contributed by atoms with van der Waals surface area (Å²) in [6, 6.07) is 15.0. The van der Waals surface area contributed by atoms with E-state index in [1.165, 1.54) is 0 Å². The summed E-state index contributed by atoms with van der Waals surface area (Å²) in [5.74, 6) is 0.731. The zero-order valence-electron chi connectivity index (χ0n) is 20.0. The van der Waals surface area contributed by atoms with Crippen molar-refractivity contribution < 1.29 is 14.1 Å². The highest BCUT2D eigenvalue weighted by Gasteiger charge is 2.28. The Balaban J connectivity index is 1.39. The molecule has 1 fully saturated rings. The van der Waals surface area contributed by atoms with Gasteiger partial charge in [0.2, 0.25) is 17.6 Å². The van der Waals surface area contributed by atoms with Crippen LogP contribution in [0.4, 0.5) is 5.69 Å². The van der Waals surface area contributed by atoms with Crippen molar-refractivity contribution in [2.75, 3.05) is 31.5 Å². The number of aromatic nitrogens is 2. The number of anilines is 1. The summed E-state index contributed by atoms with van der Waals surface area (Å²) in [4.78, 5) is 34.5. The van der Waals surface area contributed by atoms with Crippen molar-refractivity contribution in [3.05, 3.63) is 64.5 Å². The Kier molecular flexibility index (Phi) is 8.30. The highest BCUT2D eigenvalue weighted by molar-refractivity contribution is 9.10. The molecule has 3 aromatic rings. The van der Waals surface area contributed by atoms with Gasteiger partial charge in [0.05, 0.1) is 23.7 Å². The Labute approximate surface area is 213 Å². The Hall–Kier alpha value is -3.04. The van der Waals surface area contributed by atoms with Crippen LogP contribution in [-0.2, 0) is 11.3 Å². The predicted octanol–water partition coefficient (Wildman–Crippen LogP) is 4.83. The second-order valence-electron chi connectivity index (χ2n) is 8.61. The molecule has 0 saturated carbocycles. The molecule has 1 saturated heterocycles. The van der Waals surface area contributed by atoms with Crippen LogP contribution in [-0.4, -0.2) is 57.9 Å². The number of halogens is 1. The number of hydrogen-bond acceptors (Lipinski definition) is 6. The van der Waals surface area contributed by atoms with E-state index in [0.29, 0.717) is 49.1 Å². The van der Waals surface area contributed by atoms with Crippen LogP contribution in [0.1, 0.15) is 42.9 Å². The van der Waals surface area contributed by atoms with E-state index in [2.05, 4.69) is 36.3 Å². The molecule has 184 valence electrons. The molecule has 0 radical (unpaired) electrons. The number of carbonyl (C=O) groups excluding carboxylic acids is 2. The molecule has 9 heteroatoms. The van der Waals surface area contributed by atoms with E-state index < -0.39 is 0 Å². The van der Waals surface area contributed by atoms with Crippen LogP contribution in [0.5, 0.6) is 0 Å². The number of likely N-dealkylation sites (tertiary alicyclic amines) is 1. The molecule has 1 aliphatic rings. The fourth-order valence-corrected chi connectivity index (χ4v) is 4.76. The number of piperidine rings is 1. The predicted molar refractivity (Wildman–Crippen MR) is 138 cm³/mol. The fraction of sp³-hybridized carbons (Fsp3) is 0.385. The van der Waals surface area contributed by atoms with Gasteiger partial charge >= 0.3 is 0 Å². The van der Waals surface area contributed by atoms with E-state index >= 15 is 0 Å². The van der Waals surface area contributed by atoms with E-state index in [9.17, 15) is 9.59 Å². The molecular formula is C26H30BrN5O3. The number of hydrogen-bond donors (Lipinski definition) is 1. The fourth-order valence-electron chi connectivity index (χ4n) is 4.36. The number of para-hydroxylation sites is 1. The molecule has 1 atom stereocenters. The van der Waals surface area contributed by atoms with Gasteiger partial charge < -0.3 is 14.7 Å². The monoisotopic (exact) mass is 539 g/mol. The maximum Gasteiger partial charge on any atom is 0.255 e. The van der Waals surface area contributed by atoms with Gasteiger partial charge in [-0.05, 0) is 57.5 Å². The standard InChI is InChI=1S/C26H30BrN5O3/c1-3-32(4-2)26(34)21-12-5-6-13-22(21)28-25(33)19-10-8-14-31(16-19)17-23-29-24(30-35-23)18-9-7-11-20(27)15-18/h5-7,9,11-13,15,19H,3-4,8,10,14,16-17H2,1-2H3,(H,28,33). The summed E-state index contributed by atoms with van der Waals surface area (Å²) < 4.78 is 6.43. The van der Waals surface area contributed by atoms with E-state index in [0.717, 1.165) is 29.4 Å². The molecule has 2 amide bonds. The van der Waals surface area contributed by atoms with Gasteiger partial charge in [-0.3, -0.25) is 14.5 Å². The second kappa shape index (κ2) is 11.6. The average molecular weight is 540 g/mol. The number of rotatable bonds is 8. The molecule has 35 heavy (non-hydrogen) atoms. The Morgan fingerprint density at radius 3 is 2.74 bits per heavy atom. The highest BCUT2D eigenvalue weighted by Crippen LogP contribution is 2.24. The summed E-state index contributed by atoms with van der Waals surface area (Å²) >= 11 is 3.46. The molecule has 1 aromatic heterocycles. The maximum atomic E-state index is 13.2. The SMILES string of the molecule is CCN(CC)C(=O)c1ccccc1NC(=O)C1CCCN(Cc2nc(-c3cccc(Br)c3)no2)C1. The Bertz CT molecular complexity index is 1180. The molecule has 0 aliphatic carbocycles. The molecule has 1 unspecified atom stereocenters. The van der Waals surface area contributed by atoms with Crippen LogP contribution in [0.2, 0.25) is 0 Å². The molecule has 2 heterocycles. The lowest BCUT2D eigenvalue weighted by Gasteiger charge is -2.31. The van der Waals surface area contributed by atoms with Crippen LogP contribution in [0.15, 0.2) is 57.5 Å². The minimum atomic E-state index is -0.187. The van der Waals surface area contributed by atoms with Gasteiger partial charge in [-0.2, -0.15) is 4.98 Å². The number of amides is 2. The summed E-state index contributed by atoms with van der Waals surface area (Å²) in [6.07, 6.45) is 1.69. The summed E-state index contributed by atoms with van der Waals surface area (Å²) in [5, 5.41) is 7.12. The maximum absolute atomic E-state index is 13.2. The first kappa shape index (κ1) is 25.1. The third-order valence-electron chi connectivity index (χ3n) is 6.25. The molecule has 0 spiro atoms. The van der Waals surface area contributed by atoms with Crippen LogP contribution >= 0.6 is 15.9 Å². The van der Waals surface area contributed by atoms with Crippen LogP contribution in [0.3, 0.4) is 0 Å². The number of nitrogens with one attached hydrogen (secondary N) is 1. The van der Waals surface area contributed by atoms with Gasteiger partial charge in [0.25, 0.3) is 5.91 Å². The number of nitrogens with zero attached hydrogens (tertiary/aromatic N) is 4. The van der Waals surface area contributed by atoms with E-state index in [-0.39, 0.29) is 17.7 Å². The van der Waals surface area contributed by atoms with Gasteiger partial charge in [-0.25, -0.2) is 0 Å². The normalized spacial score (nSPS) is 16.1. The average Bonchev–Trinajstić information content (AvgIpc) is 3.33. The van der Waals surface area contributed by atoms with E-state index in [1.54, 1.807) is 17.0 Å². The lowest BCUT2D eigenvalue weighted by atomic mass is 9.96. The minimum absolute atomic E-state index is 0.0742. The van der Waals surface area contributed by atoms with Gasteiger partial charge in [-0.15, -0.1) is 0 Å². The number of benzene rings is 2. The van der Waals surface area contributed by atoms with Crippen LogP contribution in [0.25, 0.3) is 11.4 Å². The highest BCUT2D eigenvalue weighted by atomic mass is 79.9. The molecular weight excluding hydrogens is 510 g/mol. The Morgan fingerprint density at radius 1 is 1.17 bits per heavy atom. The van der Waals surface area contributed by atoms with Crippen molar-refractivity contribution >= 4 is 33.4 Å². The van der Waals surface area contributed by atoms with Gasteiger partial charge in [0.15, 0.2) is 0 Å². The summed E-state index contributed by atoms with van der Waals surface area (Å²) in [7, 11) is 0. The van der Waals surface area contributed by atoms with Crippen LogP contribution < -0.4 is 5.32 Å². The van der Waals surface area contributed by atoms with Crippen molar-refractivity contribution in [1.82, 2.24) is 19.9 Å². The minimum Gasteiger partial charge on any atom is -0.339 e. The first-order valence-electron chi connectivity index (χ1n) is 12.0. The smallest absolute Gasteiger partial charge is 0.255 e. The topological polar surface area (TPSA) is 91.6 Å². The van der Waals surface area contributed by atoms with E-state index in [4.69, 9.17) is 4.52 Å². The van der Waals surface area contributed by atoms with Crippen molar-refractivity contribution in [3.63, 3.8) is 0 Å². The summed E-state index contributed by atoms with van der Waals surface area (Å²) in [5.41, 5.74) is 1.95. The Morgan fingerprint density at radius 2 is 1.97 bits per heavy atom. The number of carbonyl (C=O) groups is 2. The summed E-state index contributed by atoms with van der Waals surface area (Å²) in [6.45, 7) is 7.07. The largest absolute Gasteiger partial charge is 0.339 e. The first-order chi connectivity index (χ1) is 17.0. The third-order valence-corrected chi connectivity index (χ3v) is 6.75. The molecule has 1 N–H and O–H groups in total. The molecule has 4 rings (SSSR count). The first-order valence-corrected chi connectivity index (χ1v) is 12.8. The van der Waals surface area contributed by atoms with E-state index in [1.807, 2.05) is 50.2 Å². The quantitative estimate of drug-likeness (QED) is 0.440. The van der Waals surface area contributed by atoms with Crippen molar-refractivity contribution in [2.45, 2.75) is 33.2 Å². The molecule has 1 aliphatic heterocycles. The zero-order valence-corrected chi connectivity index (χ0v) is 21.6. The lowest BCUT2D eigenvalue weighted by Crippen LogP contribution is -2.40. The molecule has 8 nitrogen and oxygen atoms in total.